The van der Waals surface area contributed by atoms with Gasteiger partial charge >= 0.3 is 0 Å². The number of benzene rings is 1. The number of para-hydroxylation sites is 1. The number of rotatable bonds is 3. The molecule has 0 radical (unpaired) electrons. The fraction of sp³-hybridized carbons (Fsp3) is 0.0909. The Kier molecular flexibility index (Phi) is 2.95. The van der Waals surface area contributed by atoms with Crippen molar-refractivity contribution in [1.29, 1.82) is 0 Å². The van der Waals surface area contributed by atoms with Crippen LogP contribution in [0.15, 0.2) is 42.2 Å². The summed E-state index contributed by atoms with van der Waals surface area (Å²) >= 11 is 0. The smallest absolute Gasteiger partial charge is 0.245 e. The predicted octanol–water partition coefficient (Wildman–Crippen LogP) is 1.90. The molecule has 0 aliphatic carbocycles. The minimum Gasteiger partial charge on any atom is -0.259 e. The number of hydrogen-bond donors (Lipinski definition) is 0. The van der Waals surface area contributed by atoms with Crippen LogP contribution < -0.4 is 0 Å². The first-order chi connectivity index (χ1) is 8.16. The van der Waals surface area contributed by atoms with Gasteiger partial charge in [0, 0.05) is 13.0 Å². The van der Waals surface area contributed by atoms with Crippen LogP contribution in [0.25, 0.3) is 11.8 Å². The summed E-state index contributed by atoms with van der Waals surface area (Å²) in [5.41, 5.74) is 1.30. The van der Waals surface area contributed by atoms with Gasteiger partial charge in [0.05, 0.1) is 16.8 Å². The Morgan fingerprint density at radius 1 is 1.41 bits per heavy atom. The molecule has 2 aromatic rings. The van der Waals surface area contributed by atoms with Gasteiger partial charge in [-0.25, -0.2) is 0 Å². The Balaban J connectivity index is 2.29. The van der Waals surface area contributed by atoms with Gasteiger partial charge in [-0.1, -0.05) is 18.2 Å². The van der Waals surface area contributed by atoms with E-state index in [1.807, 2.05) is 30.3 Å². The average molecular weight is 230 g/mol. The zero-order valence-corrected chi connectivity index (χ0v) is 9.15. The summed E-state index contributed by atoms with van der Waals surface area (Å²) in [4.78, 5) is 11.4. The zero-order chi connectivity index (χ0) is 12.3. The SMILES string of the molecule is C/C(=C\c1cnn(-c2ccccc2)n1)[N+](=O)[O-]. The molecule has 0 aliphatic heterocycles. The Labute approximate surface area is 97.3 Å². The fourth-order valence-electron chi connectivity index (χ4n) is 1.29. The zero-order valence-electron chi connectivity index (χ0n) is 9.15. The average Bonchev–Trinajstić information content (AvgIpc) is 2.78. The van der Waals surface area contributed by atoms with Crippen molar-refractivity contribution in [1.82, 2.24) is 15.0 Å². The Morgan fingerprint density at radius 3 is 2.76 bits per heavy atom. The van der Waals surface area contributed by atoms with Crippen LogP contribution in [0.5, 0.6) is 0 Å². The molecular weight excluding hydrogens is 220 g/mol. The van der Waals surface area contributed by atoms with Gasteiger partial charge in [0.25, 0.3) is 0 Å². The Morgan fingerprint density at radius 2 is 2.12 bits per heavy atom. The van der Waals surface area contributed by atoms with E-state index in [9.17, 15) is 10.1 Å². The van der Waals surface area contributed by atoms with Crippen LogP contribution in [-0.4, -0.2) is 19.9 Å². The van der Waals surface area contributed by atoms with Gasteiger partial charge < -0.3 is 0 Å². The lowest BCUT2D eigenvalue weighted by Gasteiger charge is -1.96. The summed E-state index contributed by atoms with van der Waals surface area (Å²) < 4.78 is 0. The Hall–Kier alpha value is -2.50. The minimum atomic E-state index is -0.457. The van der Waals surface area contributed by atoms with Crippen molar-refractivity contribution in [2.45, 2.75) is 6.92 Å². The number of allylic oxidation sites excluding steroid dienone is 1. The highest BCUT2D eigenvalue weighted by Crippen LogP contribution is 2.07. The summed E-state index contributed by atoms with van der Waals surface area (Å²) in [7, 11) is 0. The van der Waals surface area contributed by atoms with Crippen LogP contribution in [0.1, 0.15) is 12.6 Å². The third kappa shape index (κ3) is 2.54. The highest BCUT2D eigenvalue weighted by Gasteiger charge is 2.05. The first-order valence-electron chi connectivity index (χ1n) is 4.97. The van der Waals surface area contributed by atoms with E-state index in [0.717, 1.165) is 5.69 Å². The van der Waals surface area contributed by atoms with Crippen LogP contribution >= 0.6 is 0 Å². The third-order valence-corrected chi connectivity index (χ3v) is 2.14. The van der Waals surface area contributed by atoms with Gasteiger partial charge in [0.2, 0.25) is 5.70 Å². The van der Waals surface area contributed by atoms with E-state index in [-0.39, 0.29) is 5.70 Å². The molecule has 2 rings (SSSR count). The molecule has 1 heterocycles. The lowest BCUT2D eigenvalue weighted by Crippen LogP contribution is -1.98. The maximum absolute atomic E-state index is 10.5. The molecule has 0 saturated carbocycles. The van der Waals surface area contributed by atoms with E-state index in [1.54, 1.807) is 0 Å². The second-order valence-electron chi connectivity index (χ2n) is 3.44. The number of aromatic nitrogens is 3. The first kappa shape index (κ1) is 11.0. The van der Waals surface area contributed by atoms with Crippen molar-refractivity contribution < 1.29 is 4.92 Å². The molecule has 0 atom stereocenters. The maximum Gasteiger partial charge on any atom is 0.245 e. The summed E-state index contributed by atoms with van der Waals surface area (Å²) in [6.45, 7) is 1.42. The second-order valence-corrected chi connectivity index (χ2v) is 3.44. The molecule has 0 unspecified atom stereocenters. The molecule has 0 spiro atoms. The fourth-order valence-corrected chi connectivity index (χ4v) is 1.29. The number of nitrogens with zero attached hydrogens (tertiary/aromatic N) is 4. The summed E-state index contributed by atoms with van der Waals surface area (Å²) in [5.74, 6) is 0. The predicted molar refractivity (Wildman–Crippen MR) is 62.0 cm³/mol. The molecule has 17 heavy (non-hydrogen) atoms. The van der Waals surface area contributed by atoms with E-state index in [0.29, 0.717) is 5.69 Å². The number of nitro groups is 1. The lowest BCUT2D eigenvalue weighted by molar-refractivity contribution is -0.422. The van der Waals surface area contributed by atoms with Gasteiger partial charge in [-0.3, -0.25) is 10.1 Å². The van der Waals surface area contributed by atoms with Crippen molar-refractivity contribution in [3.05, 3.63) is 58.0 Å². The molecule has 0 fully saturated rings. The molecule has 6 nitrogen and oxygen atoms in total. The quantitative estimate of drug-likeness (QED) is 0.596. The Bertz CT molecular complexity index is 560. The maximum atomic E-state index is 10.5. The van der Waals surface area contributed by atoms with E-state index in [2.05, 4.69) is 10.2 Å². The monoisotopic (exact) mass is 230 g/mol. The molecule has 0 bridgehead atoms. The topological polar surface area (TPSA) is 73.8 Å². The van der Waals surface area contributed by atoms with E-state index in [1.165, 1.54) is 24.0 Å². The third-order valence-electron chi connectivity index (χ3n) is 2.14. The van der Waals surface area contributed by atoms with Crippen LogP contribution in [0.4, 0.5) is 0 Å². The second kappa shape index (κ2) is 4.56. The normalized spacial score (nSPS) is 11.5. The van der Waals surface area contributed by atoms with Gasteiger partial charge in [0.15, 0.2) is 0 Å². The minimum absolute atomic E-state index is 0.0325. The van der Waals surface area contributed by atoms with E-state index in [4.69, 9.17) is 0 Å². The van der Waals surface area contributed by atoms with Crippen LogP contribution in [0.3, 0.4) is 0 Å². The lowest BCUT2D eigenvalue weighted by atomic mass is 10.3. The van der Waals surface area contributed by atoms with Crippen molar-refractivity contribution in [3.8, 4) is 5.69 Å². The summed E-state index contributed by atoms with van der Waals surface area (Å²) in [5, 5.41) is 18.6. The van der Waals surface area contributed by atoms with Crippen molar-refractivity contribution >= 4 is 6.08 Å². The van der Waals surface area contributed by atoms with Crippen molar-refractivity contribution in [3.63, 3.8) is 0 Å². The van der Waals surface area contributed by atoms with Crippen LogP contribution in [-0.2, 0) is 0 Å². The molecule has 0 N–H and O–H groups in total. The standard InChI is InChI=1S/C11H10N4O2/c1-9(15(16)17)7-10-8-12-14(13-10)11-5-3-2-4-6-11/h2-8H,1H3/b9-7+. The molecule has 1 aromatic heterocycles. The van der Waals surface area contributed by atoms with Crippen molar-refractivity contribution in [2.24, 2.45) is 0 Å². The summed E-state index contributed by atoms with van der Waals surface area (Å²) in [6, 6.07) is 9.35. The molecule has 6 heteroatoms. The van der Waals surface area contributed by atoms with Crippen LogP contribution in [0.2, 0.25) is 0 Å². The molecule has 0 amide bonds. The van der Waals surface area contributed by atoms with Gasteiger partial charge in [0.1, 0.15) is 5.69 Å². The van der Waals surface area contributed by atoms with Crippen LogP contribution in [0, 0.1) is 10.1 Å². The van der Waals surface area contributed by atoms with Gasteiger partial charge in [-0.15, -0.1) is 5.10 Å². The highest BCUT2D eigenvalue weighted by molar-refractivity contribution is 5.44. The highest BCUT2D eigenvalue weighted by atomic mass is 16.6. The van der Waals surface area contributed by atoms with Gasteiger partial charge in [-0.05, 0) is 12.1 Å². The molecule has 1 aromatic carbocycles. The van der Waals surface area contributed by atoms with Gasteiger partial charge in [-0.2, -0.15) is 9.90 Å². The molecule has 0 aliphatic rings. The largest absolute Gasteiger partial charge is 0.259 e. The van der Waals surface area contributed by atoms with E-state index < -0.39 is 4.92 Å². The summed E-state index contributed by atoms with van der Waals surface area (Å²) in [6.07, 6.45) is 2.87. The molecule has 0 saturated heterocycles. The van der Waals surface area contributed by atoms with Crippen molar-refractivity contribution in [2.75, 3.05) is 0 Å². The van der Waals surface area contributed by atoms with E-state index >= 15 is 0 Å². The first-order valence-corrected chi connectivity index (χ1v) is 4.97. The number of hydrogen-bond acceptors (Lipinski definition) is 4. The molecule has 86 valence electrons. The molecular formula is C11H10N4O2.